The van der Waals surface area contributed by atoms with E-state index in [-0.39, 0.29) is 5.91 Å². The lowest BCUT2D eigenvalue weighted by Crippen LogP contribution is -2.28. The third kappa shape index (κ3) is 2.92. The number of carbonyl (C=O) groups excluding carboxylic acids is 1. The zero-order valence-electron chi connectivity index (χ0n) is 9.30. The van der Waals surface area contributed by atoms with Gasteiger partial charge in [-0.3, -0.25) is 4.79 Å². The highest BCUT2D eigenvalue weighted by molar-refractivity contribution is 5.98. The molecule has 0 saturated carbocycles. The van der Waals surface area contributed by atoms with Crippen molar-refractivity contribution in [2.75, 3.05) is 13.1 Å². The van der Waals surface area contributed by atoms with E-state index in [2.05, 4.69) is 9.89 Å². The van der Waals surface area contributed by atoms with Crippen molar-refractivity contribution in [3.63, 3.8) is 0 Å². The SMILES string of the molecule is O=C(N=CN1CCCCC1)c1ccccc1. The van der Waals surface area contributed by atoms with Crippen LogP contribution < -0.4 is 0 Å². The molecule has 1 saturated heterocycles. The monoisotopic (exact) mass is 216 g/mol. The van der Waals surface area contributed by atoms with Crippen LogP contribution in [0.25, 0.3) is 0 Å². The summed E-state index contributed by atoms with van der Waals surface area (Å²) in [5, 5.41) is 0. The second-order valence-corrected chi connectivity index (χ2v) is 4.01. The van der Waals surface area contributed by atoms with E-state index in [9.17, 15) is 4.79 Å². The smallest absolute Gasteiger partial charge is 0.278 e. The summed E-state index contributed by atoms with van der Waals surface area (Å²) in [7, 11) is 0. The van der Waals surface area contributed by atoms with Crippen LogP contribution in [0.1, 0.15) is 29.6 Å². The van der Waals surface area contributed by atoms with Gasteiger partial charge in [-0.25, -0.2) is 0 Å². The average Bonchev–Trinajstić information content (AvgIpc) is 2.38. The van der Waals surface area contributed by atoms with Crippen molar-refractivity contribution in [1.29, 1.82) is 0 Å². The van der Waals surface area contributed by atoms with Crippen molar-refractivity contribution >= 4 is 12.2 Å². The summed E-state index contributed by atoms with van der Waals surface area (Å²) in [6.07, 6.45) is 5.38. The number of hydrogen-bond donors (Lipinski definition) is 0. The molecule has 0 N–H and O–H groups in total. The van der Waals surface area contributed by atoms with Gasteiger partial charge in [-0.1, -0.05) is 18.2 Å². The van der Waals surface area contributed by atoms with Crippen LogP contribution in [0.2, 0.25) is 0 Å². The molecule has 0 aliphatic carbocycles. The maximum absolute atomic E-state index is 11.7. The number of rotatable bonds is 2. The standard InChI is InChI=1S/C13H16N2O/c16-13(12-7-3-1-4-8-12)14-11-15-9-5-2-6-10-15/h1,3-4,7-8,11H,2,5-6,9-10H2. The largest absolute Gasteiger partial charge is 0.362 e. The Kier molecular flexibility index (Phi) is 3.70. The molecule has 1 aliphatic rings. The first-order valence-electron chi connectivity index (χ1n) is 5.74. The summed E-state index contributed by atoms with van der Waals surface area (Å²) in [6.45, 7) is 2.04. The minimum atomic E-state index is -0.161. The number of amides is 1. The molecule has 0 aromatic heterocycles. The van der Waals surface area contributed by atoms with Gasteiger partial charge in [0.15, 0.2) is 0 Å². The fraction of sp³-hybridized carbons (Fsp3) is 0.385. The highest BCUT2D eigenvalue weighted by Gasteiger charge is 2.07. The Morgan fingerprint density at radius 3 is 2.50 bits per heavy atom. The quantitative estimate of drug-likeness (QED) is 0.561. The normalized spacial score (nSPS) is 16.6. The van der Waals surface area contributed by atoms with Crippen LogP contribution in [0, 0.1) is 0 Å². The summed E-state index contributed by atoms with van der Waals surface area (Å²) in [5.41, 5.74) is 0.649. The van der Waals surface area contributed by atoms with E-state index in [0.717, 1.165) is 13.1 Å². The van der Waals surface area contributed by atoms with Gasteiger partial charge in [-0.2, -0.15) is 4.99 Å². The molecular formula is C13H16N2O. The fourth-order valence-electron chi connectivity index (χ4n) is 1.82. The number of hydrogen-bond acceptors (Lipinski definition) is 1. The maximum Gasteiger partial charge on any atom is 0.278 e. The molecule has 0 atom stereocenters. The molecule has 0 spiro atoms. The van der Waals surface area contributed by atoms with Crippen LogP contribution in [0.3, 0.4) is 0 Å². The lowest BCUT2D eigenvalue weighted by Gasteiger charge is -2.23. The predicted molar refractivity (Wildman–Crippen MR) is 64.7 cm³/mol. The molecule has 3 heteroatoms. The van der Waals surface area contributed by atoms with Crippen LogP contribution in [0.15, 0.2) is 35.3 Å². The topological polar surface area (TPSA) is 32.7 Å². The first-order valence-corrected chi connectivity index (χ1v) is 5.74. The van der Waals surface area contributed by atoms with E-state index in [1.54, 1.807) is 18.5 Å². The first-order chi connectivity index (χ1) is 7.86. The van der Waals surface area contributed by atoms with Gasteiger partial charge in [-0.05, 0) is 31.4 Å². The van der Waals surface area contributed by atoms with Gasteiger partial charge in [0.1, 0.15) is 0 Å². The molecule has 16 heavy (non-hydrogen) atoms. The molecule has 1 heterocycles. The average molecular weight is 216 g/mol. The summed E-state index contributed by atoms with van der Waals surface area (Å²) in [5.74, 6) is -0.161. The number of benzene rings is 1. The summed E-state index contributed by atoms with van der Waals surface area (Å²) in [6, 6.07) is 9.17. The maximum atomic E-state index is 11.7. The summed E-state index contributed by atoms with van der Waals surface area (Å²) >= 11 is 0. The number of aliphatic imine (C=N–C) groups is 1. The Morgan fingerprint density at radius 2 is 1.81 bits per heavy atom. The van der Waals surface area contributed by atoms with Crippen LogP contribution >= 0.6 is 0 Å². The first kappa shape index (κ1) is 10.9. The summed E-state index contributed by atoms with van der Waals surface area (Å²) in [4.78, 5) is 17.8. The molecule has 1 amide bonds. The van der Waals surface area contributed by atoms with Gasteiger partial charge < -0.3 is 4.90 Å². The van der Waals surface area contributed by atoms with Gasteiger partial charge in [0, 0.05) is 18.7 Å². The van der Waals surface area contributed by atoms with Gasteiger partial charge in [-0.15, -0.1) is 0 Å². The van der Waals surface area contributed by atoms with Crippen LogP contribution in [0.5, 0.6) is 0 Å². The van der Waals surface area contributed by atoms with Crippen LogP contribution in [-0.2, 0) is 0 Å². The zero-order valence-corrected chi connectivity index (χ0v) is 9.30. The molecule has 84 valence electrons. The van der Waals surface area contributed by atoms with Crippen molar-refractivity contribution < 1.29 is 4.79 Å². The van der Waals surface area contributed by atoms with Crippen molar-refractivity contribution in [2.24, 2.45) is 4.99 Å². The third-order valence-corrected chi connectivity index (χ3v) is 2.75. The third-order valence-electron chi connectivity index (χ3n) is 2.75. The molecular weight excluding hydrogens is 200 g/mol. The molecule has 2 rings (SSSR count). The Bertz CT molecular complexity index is 367. The molecule has 1 aromatic carbocycles. The second kappa shape index (κ2) is 5.45. The van der Waals surface area contributed by atoms with E-state index in [1.165, 1.54) is 19.3 Å². The van der Waals surface area contributed by atoms with Crippen molar-refractivity contribution in [3.8, 4) is 0 Å². The van der Waals surface area contributed by atoms with E-state index in [1.807, 2.05) is 18.2 Å². The molecule has 0 radical (unpaired) electrons. The highest BCUT2D eigenvalue weighted by atomic mass is 16.1. The van der Waals surface area contributed by atoms with Crippen LogP contribution in [0.4, 0.5) is 0 Å². The van der Waals surface area contributed by atoms with Gasteiger partial charge in [0.2, 0.25) is 0 Å². The van der Waals surface area contributed by atoms with Gasteiger partial charge in [0.25, 0.3) is 5.91 Å². The Hall–Kier alpha value is -1.64. The van der Waals surface area contributed by atoms with E-state index in [4.69, 9.17) is 0 Å². The zero-order chi connectivity index (χ0) is 11.2. The number of nitrogens with zero attached hydrogens (tertiary/aromatic N) is 2. The van der Waals surface area contributed by atoms with Gasteiger partial charge in [0.05, 0.1) is 6.34 Å². The van der Waals surface area contributed by atoms with Crippen molar-refractivity contribution in [1.82, 2.24) is 4.90 Å². The predicted octanol–water partition coefficient (Wildman–Crippen LogP) is 2.34. The van der Waals surface area contributed by atoms with E-state index < -0.39 is 0 Å². The van der Waals surface area contributed by atoms with Gasteiger partial charge >= 0.3 is 0 Å². The Labute approximate surface area is 95.8 Å². The van der Waals surface area contributed by atoms with Crippen molar-refractivity contribution in [3.05, 3.63) is 35.9 Å². The second-order valence-electron chi connectivity index (χ2n) is 4.01. The minimum absolute atomic E-state index is 0.161. The lowest BCUT2D eigenvalue weighted by molar-refractivity contribution is 0.100. The summed E-state index contributed by atoms with van der Waals surface area (Å²) < 4.78 is 0. The molecule has 1 fully saturated rings. The minimum Gasteiger partial charge on any atom is -0.362 e. The fourth-order valence-corrected chi connectivity index (χ4v) is 1.82. The molecule has 1 aromatic rings. The molecule has 0 bridgehead atoms. The Morgan fingerprint density at radius 1 is 1.12 bits per heavy atom. The Balaban J connectivity index is 1.94. The van der Waals surface area contributed by atoms with E-state index in [0.29, 0.717) is 5.56 Å². The number of piperidine rings is 1. The molecule has 3 nitrogen and oxygen atoms in total. The number of carbonyl (C=O) groups is 1. The molecule has 1 aliphatic heterocycles. The van der Waals surface area contributed by atoms with Crippen molar-refractivity contribution in [2.45, 2.75) is 19.3 Å². The van der Waals surface area contributed by atoms with E-state index >= 15 is 0 Å². The molecule has 0 unspecified atom stereocenters. The number of likely N-dealkylation sites (tertiary alicyclic amines) is 1. The van der Waals surface area contributed by atoms with Crippen LogP contribution in [-0.4, -0.2) is 30.2 Å². The highest BCUT2D eigenvalue weighted by Crippen LogP contribution is 2.07. The lowest BCUT2D eigenvalue weighted by atomic mass is 10.1.